The maximum absolute atomic E-state index is 12.7. The summed E-state index contributed by atoms with van der Waals surface area (Å²) in [6.07, 6.45) is 4.88. The van der Waals surface area contributed by atoms with E-state index in [4.69, 9.17) is 0 Å². The second kappa shape index (κ2) is 5.39. The predicted molar refractivity (Wildman–Crippen MR) is 87.1 cm³/mol. The number of nitrogens with zero attached hydrogens (tertiary/aromatic N) is 4. The highest BCUT2D eigenvalue weighted by Gasteiger charge is 2.34. The van der Waals surface area contributed by atoms with Crippen molar-refractivity contribution in [1.29, 1.82) is 0 Å². The van der Waals surface area contributed by atoms with Crippen molar-refractivity contribution < 1.29 is 4.79 Å². The molecule has 1 aliphatic rings. The number of aryl methyl sites for hydroxylation is 1. The van der Waals surface area contributed by atoms with Crippen LogP contribution in [0.5, 0.6) is 0 Å². The summed E-state index contributed by atoms with van der Waals surface area (Å²) in [7, 11) is 4.01. The molecule has 1 atom stereocenters. The molecule has 1 fully saturated rings. The molecule has 0 bridgehead atoms. The second-order valence-corrected chi connectivity index (χ2v) is 7.01. The van der Waals surface area contributed by atoms with Gasteiger partial charge in [-0.3, -0.25) is 4.79 Å². The second-order valence-electron chi connectivity index (χ2n) is 7.01. The molecule has 118 valence electrons. The molecule has 1 amide bonds. The third-order valence-corrected chi connectivity index (χ3v) is 4.61. The number of hydrogen-bond acceptors (Lipinski definition) is 3. The number of pyridine rings is 1. The van der Waals surface area contributed by atoms with E-state index in [0.717, 1.165) is 37.3 Å². The largest absolute Gasteiger partial charge is 0.340 e. The van der Waals surface area contributed by atoms with Gasteiger partial charge in [0.25, 0.3) is 5.91 Å². The summed E-state index contributed by atoms with van der Waals surface area (Å²) in [5, 5.41) is 0. The third-order valence-electron chi connectivity index (χ3n) is 4.61. The molecule has 5 nitrogen and oxygen atoms in total. The van der Waals surface area contributed by atoms with Gasteiger partial charge in [-0.15, -0.1) is 0 Å². The van der Waals surface area contributed by atoms with E-state index in [2.05, 4.69) is 23.9 Å². The number of fused-ring (bicyclic) bond motifs is 1. The Kier molecular flexibility index (Phi) is 3.68. The molecule has 0 unspecified atom stereocenters. The van der Waals surface area contributed by atoms with E-state index in [9.17, 15) is 4.79 Å². The average molecular weight is 300 g/mol. The standard InChI is InChI=1S/C17H24N4O/c1-13-6-5-8-21-10-14(18-15(13)21)16(22)20(4)12-17(2)7-9-19(3)11-17/h5-6,8,10H,7,9,11-12H2,1-4H3/t17-/m0/s1. The van der Waals surface area contributed by atoms with E-state index in [1.807, 2.05) is 47.8 Å². The van der Waals surface area contributed by atoms with E-state index in [0.29, 0.717) is 5.69 Å². The first-order valence-corrected chi connectivity index (χ1v) is 7.76. The quantitative estimate of drug-likeness (QED) is 0.871. The number of rotatable bonds is 3. The van der Waals surface area contributed by atoms with Gasteiger partial charge in [-0.05, 0) is 44.0 Å². The van der Waals surface area contributed by atoms with E-state index in [1.54, 1.807) is 0 Å². The summed E-state index contributed by atoms with van der Waals surface area (Å²) in [5.41, 5.74) is 2.63. The Hall–Kier alpha value is -1.88. The van der Waals surface area contributed by atoms with Gasteiger partial charge in [0, 0.05) is 32.5 Å². The number of imidazole rings is 1. The van der Waals surface area contributed by atoms with Crippen LogP contribution in [0, 0.1) is 12.3 Å². The molecule has 2 aromatic heterocycles. The summed E-state index contributed by atoms with van der Waals surface area (Å²) >= 11 is 0. The van der Waals surface area contributed by atoms with Crippen molar-refractivity contribution in [2.45, 2.75) is 20.3 Å². The average Bonchev–Trinajstić information content (AvgIpc) is 3.02. The van der Waals surface area contributed by atoms with Crippen LogP contribution < -0.4 is 0 Å². The van der Waals surface area contributed by atoms with Crippen LogP contribution in [0.1, 0.15) is 29.4 Å². The fourth-order valence-corrected chi connectivity index (χ4v) is 3.50. The van der Waals surface area contributed by atoms with Crippen LogP contribution in [0.3, 0.4) is 0 Å². The zero-order chi connectivity index (χ0) is 15.9. The number of aromatic nitrogens is 2. The molecule has 1 saturated heterocycles. The first-order chi connectivity index (χ1) is 10.4. The van der Waals surface area contributed by atoms with Gasteiger partial charge in [0.1, 0.15) is 11.3 Å². The highest BCUT2D eigenvalue weighted by molar-refractivity contribution is 5.92. The third kappa shape index (κ3) is 2.73. The molecule has 1 aliphatic heterocycles. The van der Waals surface area contributed by atoms with Crippen LogP contribution in [0.2, 0.25) is 0 Å². The van der Waals surface area contributed by atoms with Crippen molar-refractivity contribution >= 4 is 11.6 Å². The molecule has 0 N–H and O–H groups in total. The molecule has 0 radical (unpaired) electrons. The zero-order valence-electron chi connectivity index (χ0n) is 13.8. The van der Waals surface area contributed by atoms with Crippen LogP contribution in [-0.4, -0.2) is 58.8 Å². The van der Waals surface area contributed by atoms with Crippen LogP contribution in [-0.2, 0) is 0 Å². The molecule has 0 aliphatic carbocycles. The Morgan fingerprint density at radius 3 is 2.91 bits per heavy atom. The van der Waals surface area contributed by atoms with Gasteiger partial charge in [0.2, 0.25) is 0 Å². The van der Waals surface area contributed by atoms with Crippen molar-refractivity contribution in [3.8, 4) is 0 Å². The lowest BCUT2D eigenvalue weighted by Crippen LogP contribution is -2.38. The van der Waals surface area contributed by atoms with E-state index in [-0.39, 0.29) is 11.3 Å². The molecule has 3 heterocycles. The summed E-state index contributed by atoms with van der Waals surface area (Å²) in [5.74, 6) is -0.00104. The summed E-state index contributed by atoms with van der Waals surface area (Å²) < 4.78 is 1.92. The van der Waals surface area contributed by atoms with Gasteiger partial charge in [-0.2, -0.15) is 0 Å². The fourth-order valence-electron chi connectivity index (χ4n) is 3.50. The minimum Gasteiger partial charge on any atom is -0.340 e. The van der Waals surface area contributed by atoms with Gasteiger partial charge < -0.3 is 14.2 Å². The van der Waals surface area contributed by atoms with Crippen molar-refractivity contribution in [2.75, 3.05) is 33.7 Å². The van der Waals surface area contributed by atoms with Crippen LogP contribution >= 0.6 is 0 Å². The predicted octanol–water partition coefficient (Wildman–Crippen LogP) is 2.06. The first-order valence-electron chi connectivity index (χ1n) is 7.76. The highest BCUT2D eigenvalue weighted by atomic mass is 16.2. The SMILES string of the molecule is Cc1cccn2cc(C(=O)N(C)C[C@@]3(C)CCN(C)C3)nc12. The first kappa shape index (κ1) is 15.0. The molecular weight excluding hydrogens is 276 g/mol. The molecule has 0 aromatic carbocycles. The Morgan fingerprint density at radius 1 is 1.50 bits per heavy atom. The van der Waals surface area contributed by atoms with Crippen LogP contribution in [0.4, 0.5) is 0 Å². The zero-order valence-corrected chi connectivity index (χ0v) is 13.8. The van der Waals surface area contributed by atoms with Gasteiger partial charge in [-0.25, -0.2) is 4.98 Å². The number of amides is 1. The molecule has 3 rings (SSSR count). The van der Waals surface area contributed by atoms with Crippen molar-refractivity contribution in [3.05, 3.63) is 35.8 Å². The molecule has 0 spiro atoms. The lowest BCUT2D eigenvalue weighted by atomic mass is 9.89. The molecule has 2 aromatic rings. The molecule has 0 saturated carbocycles. The van der Waals surface area contributed by atoms with Crippen molar-refractivity contribution in [2.24, 2.45) is 5.41 Å². The summed E-state index contributed by atoms with van der Waals surface area (Å²) in [4.78, 5) is 21.3. The Morgan fingerprint density at radius 2 is 2.27 bits per heavy atom. The Labute approximate surface area is 131 Å². The van der Waals surface area contributed by atoms with Gasteiger partial charge in [0.15, 0.2) is 0 Å². The molecule has 22 heavy (non-hydrogen) atoms. The minimum absolute atomic E-state index is 0.00104. The maximum Gasteiger partial charge on any atom is 0.273 e. The smallest absolute Gasteiger partial charge is 0.273 e. The molecule has 5 heteroatoms. The maximum atomic E-state index is 12.7. The number of likely N-dealkylation sites (tertiary alicyclic amines) is 1. The minimum atomic E-state index is -0.00104. The Bertz CT molecular complexity index is 708. The van der Waals surface area contributed by atoms with Gasteiger partial charge >= 0.3 is 0 Å². The van der Waals surface area contributed by atoms with Gasteiger partial charge in [0.05, 0.1) is 0 Å². The lowest BCUT2D eigenvalue weighted by molar-refractivity contribution is 0.0725. The fraction of sp³-hybridized carbons (Fsp3) is 0.529. The number of carbonyl (C=O) groups is 1. The van der Waals surface area contributed by atoms with E-state index < -0.39 is 0 Å². The Balaban J connectivity index is 1.78. The summed E-state index contributed by atoms with van der Waals surface area (Å²) in [6.45, 7) is 7.17. The van der Waals surface area contributed by atoms with Crippen LogP contribution in [0.15, 0.2) is 24.5 Å². The number of hydrogen-bond donors (Lipinski definition) is 0. The molecular formula is C17H24N4O. The van der Waals surface area contributed by atoms with Crippen molar-refractivity contribution in [1.82, 2.24) is 19.2 Å². The monoisotopic (exact) mass is 300 g/mol. The van der Waals surface area contributed by atoms with Crippen LogP contribution in [0.25, 0.3) is 5.65 Å². The van der Waals surface area contributed by atoms with E-state index in [1.165, 1.54) is 0 Å². The topological polar surface area (TPSA) is 40.9 Å². The van der Waals surface area contributed by atoms with E-state index >= 15 is 0 Å². The number of carbonyl (C=O) groups excluding carboxylic acids is 1. The summed E-state index contributed by atoms with van der Waals surface area (Å²) in [6, 6.07) is 3.98. The highest BCUT2D eigenvalue weighted by Crippen LogP contribution is 2.29. The van der Waals surface area contributed by atoms with Gasteiger partial charge in [-0.1, -0.05) is 13.0 Å². The van der Waals surface area contributed by atoms with Crippen molar-refractivity contribution in [3.63, 3.8) is 0 Å². The normalized spacial score (nSPS) is 22.4. The lowest BCUT2D eigenvalue weighted by Gasteiger charge is -2.29.